The number of rotatable bonds is 5. The summed E-state index contributed by atoms with van der Waals surface area (Å²) in [5, 5.41) is 0. The fourth-order valence-electron chi connectivity index (χ4n) is 0.489. The van der Waals surface area contributed by atoms with Gasteiger partial charge in [-0.15, -0.1) is 0 Å². The van der Waals surface area contributed by atoms with Gasteiger partial charge in [0.2, 0.25) is 0 Å². The summed E-state index contributed by atoms with van der Waals surface area (Å²) in [6.45, 7) is -0.478. The number of carbonyl (C=O) groups excluding carboxylic acids is 1. The fourth-order valence-corrected chi connectivity index (χ4v) is 0.489. The highest BCUT2D eigenvalue weighted by Gasteiger charge is 2.11. The van der Waals surface area contributed by atoms with Crippen LogP contribution in [0.2, 0.25) is 0 Å². The molecule has 0 fully saturated rings. The van der Waals surface area contributed by atoms with Crippen molar-refractivity contribution in [1.82, 2.24) is 0 Å². The summed E-state index contributed by atoms with van der Waals surface area (Å²) in [7, 11) is 1.13. The van der Waals surface area contributed by atoms with E-state index >= 15 is 0 Å². The SMILES string of the molecule is [2H]C([2H])(CN)C([2H])([2H])C[C@@H](N)C(=O)OC. The third-order valence-electron chi connectivity index (χ3n) is 1.05. The standard InChI is InChI=1S/C7H16N2O2/c1-11-7(10)6(9)4-2-3-5-8/h6H,2-5,8-9H2,1H3/t6-/m1/s1/i2D2,3D2. The number of nitrogens with two attached hydrogens (primary N) is 2. The summed E-state index contributed by atoms with van der Waals surface area (Å²) < 4.78 is 33.9. The molecule has 66 valence electrons. The van der Waals surface area contributed by atoms with Crippen LogP contribution < -0.4 is 11.5 Å². The van der Waals surface area contributed by atoms with Crippen LogP contribution in [0.3, 0.4) is 0 Å². The maximum absolute atomic E-state index is 10.9. The van der Waals surface area contributed by atoms with Gasteiger partial charge < -0.3 is 16.2 Å². The molecule has 0 spiro atoms. The molecule has 0 saturated heterocycles. The van der Waals surface area contributed by atoms with Crippen LogP contribution in [0.15, 0.2) is 0 Å². The third kappa shape index (κ3) is 4.75. The van der Waals surface area contributed by atoms with Crippen LogP contribution in [0.25, 0.3) is 0 Å². The molecule has 0 bridgehead atoms. The van der Waals surface area contributed by atoms with Gasteiger partial charge in [0.05, 0.1) is 7.11 Å². The van der Waals surface area contributed by atoms with E-state index in [0.717, 1.165) is 7.11 Å². The minimum Gasteiger partial charge on any atom is -0.468 e. The van der Waals surface area contributed by atoms with E-state index in [0.29, 0.717) is 0 Å². The Bertz CT molecular complexity index is 235. The second-order valence-electron chi connectivity index (χ2n) is 1.89. The zero-order valence-corrected chi connectivity index (χ0v) is 6.46. The highest BCUT2D eigenvalue weighted by Crippen LogP contribution is 1.98. The molecule has 0 heterocycles. The summed E-state index contributed by atoms with van der Waals surface area (Å²) >= 11 is 0. The van der Waals surface area contributed by atoms with E-state index in [1.165, 1.54) is 0 Å². The van der Waals surface area contributed by atoms with E-state index in [2.05, 4.69) is 4.74 Å². The lowest BCUT2D eigenvalue weighted by molar-refractivity contribution is -0.142. The molecule has 0 radical (unpaired) electrons. The second-order valence-corrected chi connectivity index (χ2v) is 1.89. The third-order valence-corrected chi connectivity index (χ3v) is 1.05. The van der Waals surface area contributed by atoms with Gasteiger partial charge in [-0.2, -0.15) is 0 Å². The summed E-state index contributed by atoms with van der Waals surface area (Å²) in [5.74, 6) is -0.772. The molecule has 0 aliphatic carbocycles. The minimum absolute atomic E-state index is 0.468. The number of methoxy groups -OCH3 is 1. The van der Waals surface area contributed by atoms with Crippen molar-refractivity contribution >= 4 is 5.97 Å². The van der Waals surface area contributed by atoms with E-state index < -0.39 is 37.7 Å². The molecule has 4 nitrogen and oxygen atoms in total. The van der Waals surface area contributed by atoms with Gasteiger partial charge in [0.1, 0.15) is 6.04 Å². The maximum Gasteiger partial charge on any atom is 0.322 e. The maximum atomic E-state index is 10.9. The predicted molar refractivity (Wildman–Crippen MR) is 42.9 cm³/mol. The summed E-state index contributed by atoms with van der Waals surface area (Å²) in [6, 6.07) is -1.19. The Hall–Kier alpha value is -0.610. The number of hydrogen-bond donors (Lipinski definition) is 2. The van der Waals surface area contributed by atoms with Crippen LogP contribution in [0.1, 0.15) is 24.6 Å². The molecule has 0 amide bonds. The quantitative estimate of drug-likeness (QED) is 0.543. The number of ether oxygens (including phenoxy) is 1. The second kappa shape index (κ2) is 6.12. The predicted octanol–water partition coefficient (Wildman–Crippen LogP) is -0.384. The van der Waals surface area contributed by atoms with Crippen molar-refractivity contribution in [2.75, 3.05) is 13.7 Å². The van der Waals surface area contributed by atoms with E-state index in [1.807, 2.05) is 0 Å². The number of carbonyl (C=O) groups is 1. The first kappa shape index (κ1) is 5.11. The topological polar surface area (TPSA) is 78.3 Å². The molecule has 0 aliphatic heterocycles. The van der Waals surface area contributed by atoms with E-state index in [4.69, 9.17) is 17.0 Å². The molecule has 4 heteroatoms. The van der Waals surface area contributed by atoms with Gasteiger partial charge in [0.15, 0.2) is 0 Å². The highest BCUT2D eigenvalue weighted by atomic mass is 16.5. The molecule has 11 heavy (non-hydrogen) atoms. The van der Waals surface area contributed by atoms with Gasteiger partial charge in [-0.25, -0.2) is 0 Å². The average molecular weight is 164 g/mol. The van der Waals surface area contributed by atoms with Crippen molar-refractivity contribution in [3.8, 4) is 0 Å². The largest absolute Gasteiger partial charge is 0.468 e. The molecule has 0 rings (SSSR count). The first-order valence-electron chi connectivity index (χ1n) is 5.21. The van der Waals surface area contributed by atoms with Gasteiger partial charge in [0, 0.05) is 5.48 Å². The van der Waals surface area contributed by atoms with Gasteiger partial charge >= 0.3 is 5.97 Å². The van der Waals surface area contributed by atoms with Crippen LogP contribution in [-0.2, 0) is 9.53 Å². The normalized spacial score (nSPS) is 20.6. The van der Waals surface area contributed by atoms with Crippen molar-refractivity contribution in [2.45, 2.75) is 25.2 Å². The lowest BCUT2D eigenvalue weighted by atomic mass is 10.1. The van der Waals surface area contributed by atoms with Crippen LogP contribution in [-0.4, -0.2) is 25.7 Å². The Morgan fingerprint density at radius 2 is 2.36 bits per heavy atom. The monoisotopic (exact) mass is 164 g/mol. The zero-order chi connectivity index (χ0) is 12.3. The number of esters is 1. The molecule has 0 unspecified atom stereocenters. The van der Waals surface area contributed by atoms with Crippen LogP contribution in [0, 0.1) is 0 Å². The Labute approximate surface area is 72.5 Å². The van der Waals surface area contributed by atoms with Gasteiger partial charge in [-0.05, 0) is 19.3 Å². The van der Waals surface area contributed by atoms with Crippen molar-refractivity contribution < 1.29 is 15.0 Å². The van der Waals surface area contributed by atoms with Gasteiger partial charge in [-0.3, -0.25) is 4.79 Å². The molecular formula is C7H16N2O2. The lowest BCUT2D eigenvalue weighted by Gasteiger charge is -2.07. The van der Waals surface area contributed by atoms with Crippen molar-refractivity contribution in [2.24, 2.45) is 11.5 Å². The Balaban J connectivity index is 4.57. The first-order valence-corrected chi connectivity index (χ1v) is 3.21. The summed E-state index contributed by atoms with van der Waals surface area (Å²) in [6.07, 6.45) is -4.96. The Morgan fingerprint density at radius 3 is 2.82 bits per heavy atom. The average Bonchev–Trinajstić information content (AvgIpc) is 2.15. The molecule has 0 aliphatic rings. The molecule has 0 aromatic carbocycles. The van der Waals surface area contributed by atoms with Crippen molar-refractivity contribution in [3.63, 3.8) is 0 Å². The van der Waals surface area contributed by atoms with E-state index in [-0.39, 0.29) is 0 Å². The lowest BCUT2D eigenvalue weighted by Crippen LogP contribution is -2.31. The summed E-state index contributed by atoms with van der Waals surface area (Å²) in [5.41, 5.74) is 10.4. The fraction of sp³-hybridized carbons (Fsp3) is 0.857. The van der Waals surface area contributed by atoms with Crippen LogP contribution >= 0.6 is 0 Å². The molecule has 1 atom stereocenters. The zero-order valence-electron chi connectivity index (χ0n) is 10.5. The Morgan fingerprint density at radius 1 is 1.73 bits per heavy atom. The first-order chi connectivity index (χ1) is 6.68. The number of hydrogen-bond acceptors (Lipinski definition) is 4. The molecule has 0 saturated carbocycles. The molecular weight excluding hydrogens is 144 g/mol. The summed E-state index contributed by atoms with van der Waals surface area (Å²) in [4.78, 5) is 10.9. The highest BCUT2D eigenvalue weighted by molar-refractivity contribution is 5.75. The van der Waals surface area contributed by atoms with Gasteiger partial charge in [-0.1, -0.05) is 6.37 Å². The molecule has 0 aromatic rings. The van der Waals surface area contributed by atoms with Crippen molar-refractivity contribution in [3.05, 3.63) is 0 Å². The molecule has 4 N–H and O–H groups in total. The van der Waals surface area contributed by atoms with Gasteiger partial charge in [0.25, 0.3) is 0 Å². The molecule has 0 aromatic heterocycles. The van der Waals surface area contributed by atoms with Crippen LogP contribution in [0.4, 0.5) is 0 Å². The van der Waals surface area contributed by atoms with E-state index in [9.17, 15) is 4.79 Å². The van der Waals surface area contributed by atoms with E-state index in [1.54, 1.807) is 0 Å². The van der Waals surface area contributed by atoms with Crippen molar-refractivity contribution in [1.29, 1.82) is 0 Å². The smallest absolute Gasteiger partial charge is 0.322 e. The van der Waals surface area contributed by atoms with Crippen LogP contribution in [0.5, 0.6) is 0 Å². The minimum atomic E-state index is -2.27. The Kier molecular flexibility index (Phi) is 2.84.